The molecular weight excluding hydrogens is 362 g/mol. The lowest BCUT2D eigenvalue weighted by molar-refractivity contribution is -0.119. The minimum absolute atomic E-state index is 0.0455. The number of nitrogens with one attached hydrogen (secondary N) is 1. The summed E-state index contributed by atoms with van der Waals surface area (Å²) in [5.41, 5.74) is 0.906. The Kier molecular flexibility index (Phi) is 6.73. The largest absolute Gasteiger partial charge is 0.469 e. The van der Waals surface area contributed by atoms with Gasteiger partial charge in [-0.05, 0) is 32.4 Å². The molecule has 2 aromatic rings. The van der Waals surface area contributed by atoms with Crippen LogP contribution in [0, 0.1) is 6.92 Å². The van der Waals surface area contributed by atoms with Gasteiger partial charge in [-0.25, -0.2) is 0 Å². The number of nitrogens with zero attached hydrogens (tertiary/aromatic N) is 4. The third-order valence-corrected chi connectivity index (χ3v) is 5.83. The lowest BCUT2D eigenvalue weighted by Crippen LogP contribution is -2.45. The second-order valence-corrected chi connectivity index (χ2v) is 7.60. The summed E-state index contributed by atoms with van der Waals surface area (Å²) in [5, 5.41) is 12.4. The minimum Gasteiger partial charge on any atom is -0.469 e. The first-order valence-electron chi connectivity index (χ1n) is 9.35. The van der Waals surface area contributed by atoms with E-state index >= 15 is 0 Å². The summed E-state index contributed by atoms with van der Waals surface area (Å²) in [6.07, 6.45) is 5.47. The van der Waals surface area contributed by atoms with Gasteiger partial charge in [-0.2, -0.15) is 0 Å². The monoisotopic (exact) mass is 389 g/mol. The number of carbonyl (C=O) groups excluding carboxylic acids is 1. The quantitative estimate of drug-likeness (QED) is 0.553. The predicted octanol–water partition coefficient (Wildman–Crippen LogP) is 2.73. The van der Waals surface area contributed by atoms with Crippen molar-refractivity contribution in [1.82, 2.24) is 25.0 Å². The maximum atomic E-state index is 12.4. The Hall–Kier alpha value is -2.06. The first-order valence-corrected chi connectivity index (χ1v) is 10.3. The second kappa shape index (κ2) is 9.23. The molecule has 0 aromatic carbocycles. The van der Waals surface area contributed by atoms with E-state index in [9.17, 15) is 4.79 Å². The molecule has 0 spiro atoms. The number of aryl methyl sites for hydroxylation is 1. The molecule has 0 unspecified atom stereocenters. The molecule has 8 heteroatoms. The number of allylic oxidation sites excluding steroid dienone is 1. The first kappa shape index (κ1) is 19.7. The summed E-state index contributed by atoms with van der Waals surface area (Å²) in [6.45, 7) is 11.6. The number of furan rings is 1. The highest BCUT2D eigenvalue weighted by Crippen LogP contribution is 2.27. The number of rotatable bonds is 8. The van der Waals surface area contributed by atoms with Crippen LogP contribution >= 0.6 is 11.8 Å². The van der Waals surface area contributed by atoms with Gasteiger partial charge in [0.05, 0.1) is 17.6 Å². The van der Waals surface area contributed by atoms with E-state index in [0.29, 0.717) is 17.5 Å². The van der Waals surface area contributed by atoms with Crippen LogP contribution in [0.5, 0.6) is 0 Å². The van der Waals surface area contributed by atoms with Crippen LogP contribution in [0.25, 0.3) is 11.4 Å². The number of hydrogen-bond acceptors (Lipinski definition) is 6. The standard InChI is InChI=1S/C19H27N5O2S/c1-4-9-24-18(16-8-12-26-14(16)3)21-22-19(24)27-13-17(25)20-15-6-10-23(5-2)11-7-15/h4,8,12,15H,1,5-7,9-11,13H2,2-3H3,(H,20,25). The lowest BCUT2D eigenvalue weighted by atomic mass is 10.1. The van der Waals surface area contributed by atoms with Crippen molar-refractivity contribution in [3.8, 4) is 11.4 Å². The Morgan fingerprint density at radius 1 is 1.44 bits per heavy atom. The van der Waals surface area contributed by atoms with Crippen molar-refractivity contribution in [2.24, 2.45) is 0 Å². The van der Waals surface area contributed by atoms with E-state index in [1.165, 1.54) is 11.8 Å². The lowest BCUT2D eigenvalue weighted by Gasteiger charge is -2.31. The average Bonchev–Trinajstić information content (AvgIpc) is 3.27. The molecule has 0 atom stereocenters. The van der Waals surface area contributed by atoms with Crippen LogP contribution in [0.3, 0.4) is 0 Å². The van der Waals surface area contributed by atoms with Crippen LogP contribution in [0.1, 0.15) is 25.5 Å². The van der Waals surface area contributed by atoms with Crippen LogP contribution < -0.4 is 5.32 Å². The third-order valence-electron chi connectivity index (χ3n) is 4.86. The Morgan fingerprint density at radius 3 is 2.85 bits per heavy atom. The number of aromatic nitrogens is 3. The van der Waals surface area contributed by atoms with Crippen molar-refractivity contribution in [2.45, 2.75) is 44.4 Å². The van der Waals surface area contributed by atoms with Gasteiger partial charge in [0.1, 0.15) is 5.76 Å². The molecule has 3 heterocycles. The fraction of sp³-hybridized carbons (Fsp3) is 0.526. The SMILES string of the molecule is C=CCn1c(SCC(=O)NC2CCN(CC)CC2)nnc1-c1ccoc1C. The van der Waals surface area contributed by atoms with Crippen LogP contribution in [0.2, 0.25) is 0 Å². The van der Waals surface area contributed by atoms with E-state index < -0.39 is 0 Å². The molecule has 0 saturated carbocycles. The molecule has 1 saturated heterocycles. The Bertz CT molecular complexity index is 777. The van der Waals surface area contributed by atoms with Gasteiger partial charge in [-0.15, -0.1) is 16.8 Å². The molecule has 1 aliphatic rings. The highest BCUT2D eigenvalue weighted by Gasteiger charge is 2.21. The molecule has 1 amide bonds. The first-order chi connectivity index (χ1) is 13.1. The Morgan fingerprint density at radius 2 is 2.22 bits per heavy atom. The van der Waals surface area contributed by atoms with Crippen molar-refractivity contribution in [3.05, 3.63) is 30.7 Å². The molecule has 146 valence electrons. The summed E-state index contributed by atoms with van der Waals surface area (Å²) in [7, 11) is 0. The summed E-state index contributed by atoms with van der Waals surface area (Å²) in [6, 6.07) is 2.15. The normalized spacial score (nSPS) is 15.8. The zero-order chi connectivity index (χ0) is 19.2. The molecule has 27 heavy (non-hydrogen) atoms. The summed E-state index contributed by atoms with van der Waals surface area (Å²) >= 11 is 1.40. The van der Waals surface area contributed by atoms with Gasteiger partial charge in [0.15, 0.2) is 11.0 Å². The van der Waals surface area contributed by atoms with E-state index in [1.807, 2.05) is 17.6 Å². The van der Waals surface area contributed by atoms with Crippen LogP contribution in [-0.2, 0) is 11.3 Å². The van der Waals surface area contributed by atoms with Crippen molar-refractivity contribution in [1.29, 1.82) is 0 Å². The Labute approximate surface area is 164 Å². The van der Waals surface area contributed by atoms with Crippen molar-refractivity contribution in [3.63, 3.8) is 0 Å². The fourth-order valence-electron chi connectivity index (χ4n) is 3.30. The number of carbonyl (C=O) groups is 1. The van der Waals surface area contributed by atoms with E-state index in [2.05, 4.69) is 33.9 Å². The van der Waals surface area contributed by atoms with E-state index in [-0.39, 0.29) is 11.9 Å². The van der Waals surface area contributed by atoms with Crippen LogP contribution in [0.15, 0.2) is 34.6 Å². The van der Waals surface area contributed by atoms with Crippen molar-refractivity contribution >= 4 is 17.7 Å². The molecule has 1 N–H and O–H groups in total. The number of amides is 1. The highest BCUT2D eigenvalue weighted by atomic mass is 32.2. The van der Waals surface area contributed by atoms with Gasteiger partial charge >= 0.3 is 0 Å². The van der Waals surface area contributed by atoms with Gasteiger partial charge in [0.2, 0.25) is 5.91 Å². The summed E-state index contributed by atoms with van der Waals surface area (Å²) in [4.78, 5) is 14.8. The predicted molar refractivity (Wildman–Crippen MR) is 107 cm³/mol. The van der Waals surface area contributed by atoms with Gasteiger partial charge in [-0.3, -0.25) is 9.36 Å². The van der Waals surface area contributed by atoms with E-state index in [4.69, 9.17) is 4.42 Å². The number of thioether (sulfide) groups is 1. The van der Waals surface area contributed by atoms with E-state index in [0.717, 1.165) is 49.6 Å². The molecule has 0 aliphatic carbocycles. The summed E-state index contributed by atoms with van der Waals surface area (Å²) in [5.74, 6) is 1.90. The van der Waals surface area contributed by atoms with Crippen LogP contribution in [-0.4, -0.2) is 57.0 Å². The number of piperidine rings is 1. The van der Waals surface area contributed by atoms with Crippen molar-refractivity contribution in [2.75, 3.05) is 25.4 Å². The molecule has 7 nitrogen and oxygen atoms in total. The summed E-state index contributed by atoms with van der Waals surface area (Å²) < 4.78 is 7.34. The maximum Gasteiger partial charge on any atom is 0.230 e. The number of likely N-dealkylation sites (tertiary alicyclic amines) is 1. The van der Waals surface area contributed by atoms with Crippen LogP contribution in [0.4, 0.5) is 0 Å². The number of hydrogen-bond donors (Lipinski definition) is 1. The highest BCUT2D eigenvalue weighted by molar-refractivity contribution is 7.99. The molecule has 0 radical (unpaired) electrons. The zero-order valence-corrected chi connectivity index (χ0v) is 16.8. The van der Waals surface area contributed by atoms with E-state index in [1.54, 1.807) is 12.3 Å². The van der Waals surface area contributed by atoms with Gasteiger partial charge < -0.3 is 14.6 Å². The van der Waals surface area contributed by atoms with Gasteiger partial charge in [-0.1, -0.05) is 24.8 Å². The second-order valence-electron chi connectivity index (χ2n) is 6.66. The van der Waals surface area contributed by atoms with Gasteiger partial charge in [0.25, 0.3) is 0 Å². The molecule has 1 aliphatic heterocycles. The maximum absolute atomic E-state index is 12.4. The van der Waals surface area contributed by atoms with Crippen molar-refractivity contribution < 1.29 is 9.21 Å². The smallest absolute Gasteiger partial charge is 0.230 e. The molecule has 2 aromatic heterocycles. The fourth-order valence-corrected chi connectivity index (χ4v) is 4.06. The molecule has 1 fully saturated rings. The average molecular weight is 390 g/mol. The molecular formula is C19H27N5O2S. The minimum atomic E-state index is 0.0455. The zero-order valence-electron chi connectivity index (χ0n) is 16.0. The topological polar surface area (TPSA) is 76.2 Å². The molecule has 3 rings (SSSR count). The Balaban J connectivity index is 1.59. The third kappa shape index (κ3) is 4.81. The van der Waals surface area contributed by atoms with Gasteiger partial charge in [0, 0.05) is 25.7 Å². The molecule has 0 bridgehead atoms.